The third-order valence-electron chi connectivity index (χ3n) is 4.06. The maximum atomic E-state index is 12.4. The predicted octanol–water partition coefficient (Wildman–Crippen LogP) is 3.25. The Kier molecular flexibility index (Phi) is 4.55. The average molecular weight is 350 g/mol. The number of amides is 1. The normalized spacial score (nSPS) is 18.3. The van der Waals surface area contributed by atoms with E-state index in [0.29, 0.717) is 36.8 Å². The summed E-state index contributed by atoms with van der Waals surface area (Å²) in [6.07, 6.45) is 3.61. The van der Waals surface area contributed by atoms with Gasteiger partial charge in [-0.15, -0.1) is 0 Å². The third-order valence-corrected chi connectivity index (χ3v) is 4.06. The summed E-state index contributed by atoms with van der Waals surface area (Å²) in [6, 6.07) is 15.2. The maximum Gasteiger partial charge on any atom is 0.268 e. The molecular formula is C20H18N2O4. The number of nitrogens with one attached hydrogen (secondary N) is 1. The molecule has 2 heterocycles. The summed E-state index contributed by atoms with van der Waals surface area (Å²) in [5.41, 5.74) is 2.44. The van der Waals surface area contributed by atoms with Gasteiger partial charge in [-0.1, -0.05) is 41.6 Å². The van der Waals surface area contributed by atoms with E-state index >= 15 is 0 Å². The minimum atomic E-state index is -0.640. The second kappa shape index (κ2) is 7.31. The van der Waals surface area contributed by atoms with E-state index in [1.807, 2.05) is 42.5 Å². The molecule has 0 saturated heterocycles. The fourth-order valence-electron chi connectivity index (χ4n) is 2.74. The van der Waals surface area contributed by atoms with Crippen LogP contribution in [-0.4, -0.2) is 30.9 Å². The van der Waals surface area contributed by atoms with Gasteiger partial charge in [-0.3, -0.25) is 4.79 Å². The number of carbonyl (C=O) groups is 1. The summed E-state index contributed by atoms with van der Waals surface area (Å²) in [5.74, 6) is 1.07. The number of carbonyl (C=O) groups excluding carboxylic acids is 1. The van der Waals surface area contributed by atoms with Gasteiger partial charge in [0.05, 0.1) is 5.71 Å². The molecule has 0 bridgehead atoms. The largest absolute Gasteiger partial charge is 0.486 e. The van der Waals surface area contributed by atoms with Crippen LogP contribution in [0.15, 0.2) is 59.8 Å². The zero-order chi connectivity index (χ0) is 17.8. The molecule has 0 fully saturated rings. The molecule has 6 nitrogen and oxygen atoms in total. The van der Waals surface area contributed by atoms with Crippen LogP contribution < -0.4 is 14.8 Å². The zero-order valence-electron chi connectivity index (χ0n) is 14.1. The molecular weight excluding hydrogens is 332 g/mol. The Bertz CT molecular complexity index is 861. The highest BCUT2D eigenvalue weighted by Crippen LogP contribution is 2.32. The summed E-state index contributed by atoms with van der Waals surface area (Å²) >= 11 is 0. The third kappa shape index (κ3) is 3.69. The summed E-state index contributed by atoms with van der Waals surface area (Å²) in [7, 11) is 0. The Morgan fingerprint density at radius 3 is 2.69 bits per heavy atom. The molecule has 1 amide bonds. The zero-order valence-corrected chi connectivity index (χ0v) is 14.1. The molecule has 1 N–H and O–H groups in total. The molecule has 26 heavy (non-hydrogen) atoms. The Balaban J connectivity index is 1.34. The summed E-state index contributed by atoms with van der Waals surface area (Å²) < 4.78 is 11.0. The van der Waals surface area contributed by atoms with E-state index in [2.05, 4.69) is 10.5 Å². The first-order valence-corrected chi connectivity index (χ1v) is 8.44. The lowest BCUT2D eigenvalue weighted by atomic mass is 10.1. The SMILES string of the molecule is O=C(Nc1ccc2c(c1)OCCO2)C1CC(C=Cc2ccccc2)=NO1. The van der Waals surface area contributed by atoms with Gasteiger partial charge >= 0.3 is 0 Å². The lowest BCUT2D eigenvalue weighted by Gasteiger charge is -2.19. The highest BCUT2D eigenvalue weighted by Gasteiger charge is 2.27. The summed E-state index contributed by atoms with van der Waals surface area (Å²) in [4.78, 5) is 17.7. The molecule has 0 saturated carbocycles. The highest BCUT2D eigenvalue weighted by atomic mass is 16.6. The van der Waals surface area contributed by atoms with Gasteiger partial charge in [0.2, 0.25) is 6.10 Å². The number of allylic oxidation sites excluding steroid dienone is 1. The number of benzene rings is 2. The van der Waals surface area contributed by atoms with E-state index < -0.39 is 6.10 Å². The number of oxime groups is 1. The van der Waals surface area contributed by atoms with Crippen molar-refractivity contribution in [3.05, 3.63) is 60.2 Å². The number of nitrogens with zero attached hydrogens (tertiary/aromatic N) is 1. The number of fused-ring (bicyclic) bond motifs is 1. The molecule has 4 rings (SSSR count). The molecule has 1 atom stereocenters. The number of anilines is 1. The molecule has 2 aliphatic rings. The minimum absolute atomic E-state index is 0.242. The Hall–Kier alpha value is -3.28. The van der Waals surface area contributed by atoms with Gasteiger partial charge in [-0.05, 0) is 23.8 Å². The van der Waals surface area contributed by atoms with Crippen molar-refractivity contribution in [1.29, 1.82) is 0 Å². The molecule has 132 valence electrons. The van der Waals surface area contributed by atoms with Crippen LogP contribution in [0, 0.1) is 0 Å². The minimum Gasteiger partial charge on any atom is -0.486 e. The van der Waals surface area contributed by atoms with E-state index in [4.69, 9.17) is 14.3 Å². The van der Waals surface area contributed by atoms with Gasteiger partial charge < -0.3 is 19.6 Å². The molecule has 0 radical (unpaired) electrons. The summed E-state index contributed by atoms with van der Waals surface area (Å²) in [6.45, 7) is 1.03. The first-order chi connectivity index (χ1) is 12.8. The van der Waals surface area contributed by atoms with Crippen molar-refractivity contribution in [1.82, 2.24) is 0 Å². The second-order valence-corrected chi connectivity index (χ2v) is 5.97. The van der Waals surface area contributed by atoms with E-state index in [1.165, 1.54) is 0 Å². The van der Waals surface area contributed by atoms with Gasteiger partial charge in [0.25, 0.3) is 5.91 Å². The Morgan fingerprint density at radius 2 is 1.85 bits per heavy atom. The van der Waals surface area contributed by atoms with E-state index in [1.54, 1.807) is 18.2 Å². The van der Waals surface area contributed by atoms with Crippen LogP contribution in [0.4, 0.5) is 5.69 Å². The van der Waals surface area contributed by atoms with E-state index in [9.17, 15) is 4.79 Å². The quantitative estimate of drug-likeness (QED) is 0.919. The van der Waals surface area contributed by atoms with Crippen molar-refractivity contribution in [2.45, 2.75) is 12.5 Å². The van der Waals surface area contributed by atoms with Crippen LogP contribution in [0.3, 0.4) is 0 Å². The molecule has 0 aliphatic carbocycles. The first kappa shape index (κ1) is 16.2. The van der Waals surface area contributed by atoms with Crippen LogP contribution in [-0.2, 0) is 9.63 Å². The average Bonchev–Trinajstić information content (AvgIpc) is 3.16. The molecule has 1 unspecified atom stereocenters. The van der Waals surface area contributed by atoms with Crippen molar-refractivity contribution >= 4 is 23.4 Å². The fraction of sp³-hybridized carbons (Fsp3) is 0.200. The van der Waals surface area contributed by atoms with Crippen LogP contribution in [0.25, 0.3) is 6.08 Å². The second-order valence-electron chi connectivity index (χ2n) is 5.97. The molecule has 0 aromatic heterocycles. The van der Waals surface area contributed by atoms with Gasteiger partial charge in [-0.2, -0.15) is 0 Å². The van der Waals surface area contributed by atoms with Crippen molar-refractivity contribution < 1.29 is 19.1 Å². The fourth-order valence-corrected chi connectivity index (χ4v) is 2.74. The van der Waals surface area contributed by atoms with E-state index in [-0.39, 0.29) is 5.91 Å². The lowest BCUT2D eigenvalue weighted by Crippen LogP contribution is -2.27. The van der Waals surface area contributed by atoms with Gasteiger partial charge in [0, 0.05) is 18.2 Å². The summed E-state index contributed by atoms with van der Waals surface area (Å²) in [5, 5.41) is 6.82. The smallest absolute Gasteiger partial charge is 0.268 e. The number of ether oxygens (including phenoxy) is 2. The molecule has 2 aromatic carbocycles. The van der Waals surface area contributed by atoms with E-state index in [0.717, 1.165) is 11.3 Å². The van der Waals surface area contributed by atoms with Crippen LogP contribution in [0.5, 0.6) is 11.5 Å². The Morgan fingerprint density at radius 1 is 1.04 bits per heavy atom. The predicted molar refractivity (Wildman–Crippen MR) is 98.5 cm³/mol. The molecule has 2 aliphatic heterocycles. The van der Waals surface area contributed by atoms with Crippen molar-refractivity contribution in [3.63, 3.8) is 0 Å². The number of hydrogen-bond donors (Lipinski definition) is 1. The maximum absolute atomic E-state index is 12.4. The van der Waals surface area contributed by atoms with Gasteiger partial charge in [0.15, 0.2) is 11.5 Å². The first-order valence-electron chi connectivity index (χ1n) is 8.44. The Labute approximate surface area is 151 Å². The standard InChI is InChI=1S/C20H18N2O4/c23-20(21-15-8-9-17-18(12-15)25-11-10-24-17)19-13-16(22-26-19)7-6-14-4-2-1-3-5-14/h1-9,12,19H,10-11,13H2,(H,21,23). The molecule has 0 spiro atoms. The van der Waals surface area contributed by atoms with Crippen molar-refractivity contribution in [2.75, 3.05) is 18.5 Å². The number of hydrogen-bond acceptors (Lipinski definition) is 5. The number of rotatable bonds is 4. The van der Waals surface area contributed by atoms with Gasteiger partial charge in [0.1, 0.15) is 13.2 Å². The highest BCUT2D eigenvalue weighted by molar-refractivity contribution is 6.04. The molecule has 2 aromatic rings. The topological polar surface area (TPSA) is 69.2 Å². The monoisotopic (exact) mass is 350 g/mol. The lowest BCUT2D eigenvalue weighted by molar-refractivity contribution is -0.125. The van der Waals surface area contributed by atoms with Crippen molar-refractivity contribution in [3.8, 4) is 11.5 Å². The van der Waals surface area contributed by atoms with Crippen molar-refractivity contribution in [2.24, 2.45) is 5.16 Å². The van der Waals surface area contributed by atoms with Crippen LogP contribution >= 0.6 is 0 Å². The molecule has 6 heteroatoms. The van der Waals surface area contributed by atoms with Crippen LogP contribution in [0.2, 0.25) is 0 Å². The van der Waals surface area contributed by atoms with Gasteiger partial charge in [-0.25, -0.2) is 0 Å². The van der Waals surface area contributed by atoms with Crippen LogP contribution in [0.1, 0.15) is 12.0 Å².